The van der Waals surface area contributed by atoms with Crippen molar-refractivity contribution in [1.82, 2.24) is 19.5 Å². The van der Waals surface area contributed by atoms with Crippen LogP contribution in [-0.4, -0.2) is 62.6 Å². The van der Waals surface area contributed by atoms with Crippen LogP contribution in [0.15, 0.2) is 30.6 Å². The summed E-state index contributed by atoms with van der Waals surface area (Å²) in [6.07, 6.45) is 2.71. The summed E-state index contributed by atoms with van der Waals surface area (Å²) in [5.41, 5.74) is 4.36. The van der Waals surface area contributed by atoms with Crippen LogP contribution in [0.5, 0.6) is 5.75 Å². The van der Waals surface area contributed by atoms with E-state index in [-0.39, 0.29) is 12.5 Å². The molecule has 0 radical (unpaired) electrons. The summed E-state index contributed by atoms with van der Waals surface area (Å²) >= 11 is 0. The zero-order chi connectivity index (χ0) is 22.4. The lowest BCUT2D eigenvalue weighted by molar-refractivity contribution is -0.122. The fourth-order valence-electron chi connectivity index (χ4n) is 3.78. The maximum absolute atomic E-state index is 10.6. The lowest BCUT2D eigenvalue weighted by Gasteiger charge is -2.30. The molecule has 3 N–H and O–H groups in total. The Morgan fingerprint density at radius 3 is 2.74 bits per heavy atom. The van der Waals surface area contributed by atoms with Crippen LogP contribution in [-0.2, 0) is 16.0 Å². The van der Waals surface area contributed by atoms with Crippen LogP contribution in [0.25, 0.3) is 22.6 Å². The fourth-order valence-corrected chi connectivity index (χ4v) is 3.78. The Bertz CT molecular complexity index is 1010. The Kier molecular flexibility index (Phi) is 7.43. The van der Waals surface area contributed by atoms with E-state index in [0.29, 0.717) is 19.6 Å². The molecule has 1 aliphatic heterocycles. The zero-order valence-electron chi connectivity index (χ0n) is 17.9. The summed E-state index contributed by atoms with van der Waals surface area (Å²) in [5, 5.41) is 17.5. The average molecular weight is 428 g/mol. The van der Waals surface area contributed by atoms with Crippen molar-refractivity contribution in [3.63, 3.8) is 0 Å². The molecule has 0 aliphatic carbocycles. The topological polar surface area (TPSA) is 122 Å². The summed E-state index contributed by atoms with van der Waals surface area (Å²) in [4.78, 5) is 21.2. The number of aryl methyl sites for hydroxylation is 2. The largest absolute Gasteiger partial charge is 0.496 e. The summed E-state index contributed by atoms with van der Waals surface area (Å²) in [5.74, 6) is 1.67. The molecule has 2 atom stereocenters. The van der Waals surface area contributed by atoms with Gasteiger partial charge in [0.1, 0.15) is 23.0 Å². The first-order chi connectivity index (χ1) is 15.0. The Labute approximate surface area is 180 Å². The predicted octanol–water partition coefficient (Wildman–Crippen LogP) is 2.84. The van der Waals surface area contributed by atoms with Gasteiger partial charge in [-0.05, 0) is 25.5 Å². The number of hydrogen-bond acceptors (Lipinski definition) is 6. The lowest BCUT2D eigenvalue weighted by Crippen LogP contribution is -2.34. The number of ether oxygens (including phenoxy) is 2. The van der Waals surface area contributed by atoms with E-state index in [4.69, 9.17) is 29.3 Å². The van der Waals surface area contributed by atoms with Crippen molar-refractivity contribution in [1.29, 1.82) is 0 Å². The second-order valence-electron chi connectivity index (χ2n) is 7.16. The van der Waals surface area contributed by atoms with Gasteiger partial charge in [0.15, 0.2) is 0 Å². The molecule has 31 heavy (non-hydrogen) atoms. The van der Waals surface area contributed by atoms with Gasteiger partial charge < -0.3 is 29.2 Å². The number of aromatic nitrogens is 4. The normalized spacial score (nSPS) is 18.2. The molecule has 3 heterocycles. The number of aliphatic hydroxyl groups is 1. The van der Waals surface area contributed by atoms with Gasteiger partial charge in [0.05, 0.1) is 37.9 Å². The molecule has 1 aliphatic rings. The van der Waals surface area contributed by atoms with Gasteiger partial charge in [0.25, 0.3) is 6.47 Å². The molecule has 166 valence electrons. The van der Waals surface area contributed by atoms with Crippen molar-refractivity contribution in [2.24, 2.45) is 0 Å². The van der Waals surface area contributed by atoms with Gasteiger partial charge in [0.2, 0.25) is 0 Å². The van der Waals surface area contributed by atoms with Gasteiger partial charge in [-0.1, -0.05) is 19.1 Å². The number of para-hydroxylation sites is 1. The summed E-state index contributed by atoms with van der Waals surface area (Å²) in [6, 6.07) is 7.61. The maximum atomic E-state index is 10.6. The van der Waals surface area contributed by atoms with Crippen LogP contribution in [0, 0.1) is 6.92 Å². The highest BCUT2D eigenvalue weighted by molar-refractivity contribution is 5.81. The van der Waals surface area contributed by atoms with Crippen molar-refractivity contribution in [2.45, 2.75) is 38.8 Å². The van der Waals surface area contributed by atoms with E-state index in [1.54, 1.807) is 13.4 Å². The average Bonchev–Trinajstić information content (AvgIpc) is 3.37. The number of carbonyl (C=O) groups is 1. The quantitative estimate of drug-likeness (QED) is 0.534. The van der Waals surface area contributed by atoms with E-state index < -0.39 is 6.10 Å². The van der Waals surface area contributed by atoms with Gasteiger partial charge in [0, 0.05) is 24.3 Å². The molecule has 1 aromatic carbocycles. The predicted molar refractivity (Wildman–Crippen MR) is 115 cm³/mol. The first-order valence-electron chi connectivity index (χ1n) is 10.1. The van der Waals surface area contributed by atoms with Crippen molar-refractivity contribution >= 4 is 6.47 Å². The second kappa shape index (κ2) is 10.2. The first-order valence-corrected chi connectivity index (χ1v) is 10.1. The van der Waals surface area contributed by atoms with E-state index in [2.05, 4.69) is 11.9 Å². The van der Waals surface area contributed by atoms with Crippen LogP contribution in [0.1, 0.15) is 30.9 Å². The molecule has 2 aromatic heterocycles. The molecule has 0 saturated carbocycles. The van der Waals surface area contributed by atoms with E-state index in [1.165, 1.54) is 0 Å². The molecule has 0 unspecified atom stereocenters. The zero-order valence-corrected chi connectivity index (χ0v) is 17.9. The summed E-state index contributed by atoms with van der Waals surface area (Å²) in [6.45, 7) is 4.85. The van der Waals surface area contributed by atoms with Crippen molar-refractivity contribution in [3.05, 3.63) is 42.1 Å². The van der Waals surface area contributed by atoms with Crippen LogP contribution in [0.2, 0.25) is 0 Å². The van der Waals surface area contributed by atoms with Crippen LogP contribution < -0.4 is 4.74 Å². The van der Waals surface area contributed by atoms with E-state index in [1.807, 2.05) is 35.8 Å². The molecule has 0 spiro atoms. The third kappa shape index (κ3) is 4.62. The Balaban J connectivity index is 0.000000858. The Morgan fingerprint density at radius 2 is 2.10 bits per heavy atom. The standard InChI is InChI=1S/C21H26N4O3.CH2O2/c1-4-18-23-13(2)19(24-18)21-20(14-7-5-6-8-17(14)27-3)22-12-25(21)15-11-28-10-9-16(15)26;2-1-3/h5-8,12,15-16,26H,4,9-11H2,1-3H3,(H,23,24);1H,(H,2,3)/t15-,16-;/m1./s1. The highest BCUT2D eigenvalue weighted by Gasteiger charge is 2.31. The number of hydrogen-bond donors (Lipinski definition) is 3. The molecule has 9 heteroatoms. The monoisotopic (exact) mass is 428 g/mol. The summed E-state index contributed by atoms with van der Waals surface area (Å²) in [7, 11) is 1.66. The molecular formula is C22H28N4O5. The lowest BCUT2D eigenvalue weighted by atomic mass is 10.0. The smallest absolute Gasteiger partial charge is 0.290 e. The number of aliphatic hydroxyl groups excluding tert-OH is 1. The van der Waals surface area contributed by atoms with Crippen LogP contribution >= 0.6 is 0 Å². The number of nitrogens with zero attached hydrogens (tertiary/aromatic N) is 3. The maximum Gasteiger partial charge on any atom is 0.290 e. The highest BCUT2D eigenvalue weighted by Crippen LogP contribution is 2.39. The number of H-pyrrole nitrogens is 1. The third-order valence-electron chi connectivity index (χ3n) is 5.30. The van der Waals surface area contributed by atoms with Gasteiger partial charge >= 0.3 is 0 Å². The molecule has 1 saturated heterocycles. The van der Waals surface area contributed by atoms with E-state index in [0.717, 1.165) is 46.3 Å². The molecule has 4 rings (SSSR count). The molecule has 0 bridgehead atoms. The van der Waals surface area contributed by atoms with Gasteiger partial charge in [-0.3, -0.25) is 4.79 Å². The SMILES string of the molecule is CCc1nc(-c2c(-c3ccccc3OC)ncn2[C@@H]2COCC[C@H]2O)c(C)[nH]1.O=CO. The number of imidazole rings is 2. The minimum Gasteiger partial charge on any atom is -0.496 e. The molecule has 1 fully saturated rings. The number of methoxy groups -OCH3 is 1. The number of aromatic amines is 1. The molecule has 0 amide bonds. The van der Waals surface area contributed by atoms with Crippen molar-refractivity contribution < 1.29 is 24.5 Å². The molecule has 9 nitrogen and oxygen atoms in total. The third-order valence-corrected chi connectivity index (χ3v) is 5.30. The second-order valence-corrected chi connectivity index (χ2v) is 7.16. The minimum absolute atomic E-state index is 0.208. The number of nitrogens with one attached hydrogen (secondary N) is 1. The Morgan fingerprint density at radius 1 is 1.35 bits per heavy atom. The van der Waals surface area contributed by atoms with E-state index >= 15 is 0 Å². The fraction of sp³-hybridized carbons (Fsp3) is 0.409. The highest BCUT2D eigenvalue weighted by atomic mass is 16.5. The van der Waals surface area contributed by atoms with Gasteiger partial charge in [-0.2, -0.15) is 0 Å². The van der Waals surface area contributed by atoms with Gasteiger partial charge in [-0.15, -0.1) is 0 Å². The number of benzene rings is 1. The van der Waals surface area contributed by atoms with E-state index in [9.17, 15) is 5.11 Å². The van der Waals surface area contributed by atoms with Gasteiger partial charge in [-0.25, -0.2) is 9.97 Å². The molecular weight excluding hydrogens is 400 g/mol. The van der Waals surface area contributed by atoms with Crippen molar-refractivity contribution in [3.8, 4) is 28.4 Å². The number of rotatable bonds is 5. The molecule has 3 aromatic rings. The van der Waals surface area contributed by atoms with Crippen LogP contribution in [0.3, 0.4) is 0 Å². The van der Waals surface area contributed by atoms with Crippen molar-refractivity contribution in [2.75, 3.05) is 20.3 Å². The number of carboxylic acid groups (broad SMARTS) is 1. The first kappa shape index (κ1) is 22.5. The Hall–Kier alpha value is -3.17. The van der Waals surface area contributed by atoms with Crippen LogP contribution in [0.4, 0.5) is 0 Å². The minimum atomic E-state index is -0.489. The summed E-state index contributed by atoms with van der Waals surface area (Å²) < 4.78 is 13.2.